The largest absolute Gasteiger partial charge is 0.481 e. The van der Waals surface area contributed by atoms with Crippen LogP contribution in [0.4, 0.5) is 0 Å². The van der Waals surface area contributed by atoms with E-state index in [4.69, 9.17) is 20.3 Å². The summed E-state index contributed by atoms with van der Waals surface area (Å²) in [7, 11) is 0. The van der Waals surface area contributed by atoms with Crippen molar-refractivity contribution in [2.24, 2.45) is 5.73 Å². The van der Waals surface area contributed by atoms with Gasteiger partial charge in [0.05, 0.1) is 6.42 Å². The highest BCUT2D eigenvalue weighted by atomic mass is 16.7. The van der Waals surface area contributed by atoms with E-state index in [0.29, 0.717) is 11.5 Å². The molecule has 1 aromatic rings. The number of benzene rings is 1. The second-order valence-corrected chi connectivity index (χ2v) is 4.06. The topological polar surface area (TPSA) is 81.8 Å². The highest BCUT2D eigenvalue weighted by molar-refractivity contribution is 5.69. The number of ether oxygens (including phenoxy) is 2. The van der Waals surface area contributed by atoms with Crippen LogP contribution in [-0.4, -0.2) is 17.9 Å². The van der Waals surface area contributed by atoms with Crippen molar-refractivity contribution in [1.82, 2.24) is 0 Å². The van der Waals surface area contributed by atoms with E-state index in [1.165, 1.54) is 0 Å². The summed E-state index contributed by atoms with van der Waals surface area (Å²) < 4.78 is 10.4. The molecule has 1 aromatic carbocycles. The minimum atomic E-state index is -0.928. The standard InChI is InChI=1S/C11H13NO4/c1-11(12,5-10(13)14)7-2-3-8-9(4-7)16-6-15-8/h2-4H,5-6,12H2,1H3,(H,13,14)/t11-/m1/s1. The highest BCUT2D eigenvalue weighted by Gasteiger charge is 2.26. The maximum absolute atomic E-state index is 10.7. The van der Waals surface area contributed by atoms with Crippen molar-refractivity contribution in [2.45, 2.75) is 18.9 Å². The first-order chi connectivity index (χ1) is 7.49. The van der Waals surface area contributed by atoms with Crippen LogP contribution in [-0.2, 0) is 10.3 Å². The summed E-state index contributed by atoms with van der Waals surface area (Å²) in [5.74, 6) is 0.345. The van der Waals surface area contributed by atoms with Gasteiger partial charge in [0, 0.05) is 5.54 Å². The Labute approximate surface area is 92.8 Å². The fourth-order valence-electron chi connectivity index (χ4n) is 1.67. The lowest BCUT2D eigenvalue weighted by Crippen LogP contribution is -2.35. The molecule has 5 nitrogen and oxygen atoms in total. The molecule has 0 radical (unpaired) electrons. The summed E-state index contributed by atoms with van der Waals surface area (Å²) in [6, 6.07) is 5.23. The van der Waals surface area contributed by atoms with Gasteiger partial charge in [-0.3, -0.25) is 4.79 Å². The minimum absolute atomic E-state index is 0.132. The van der Waals surface area contributed by atoms with Crippen molar-refractivity contribution >= 4 is 5.97 Å². The Morgan fingerprint density at radius 1 is 1.50 bits per heavy atom. The lowest BCUT2D eigenvalue weighted by Gasteiger charge is -2.23. The van der Waals surface area contributed by atoms with Gasteiger partial charge in [-0.15, -0.1) is 0 Å². The maximum atomic E-state index is 10.7. The van der Waals surface area contributed by atoms with Crippen molar-refractivity contribution in [2.75, 3.05) is 6.79 Å². The van der Waals surface area contributed by atoms with Crippen LogP contribution in [0.5, 0.6) is 11.5 Å². The normalized spacial score (nSPS) is 16.9. The van der Waals surface area contributed by atoms with Gasteiger partial charge in [0.25, 0.3) is 0 Å². The first-order valence-electron chi connectivity index (χ1n) is 4.90. The Morgan fingerprint density at radius 3 is 2.88 bits per heavy atom. The summed E-state index contributed by atoms with van der Waals surface area (Å²) in [5, 5.41) is 8.77. The minimum Gasteiger partial charge on any atom is -0.481 e. The third-order valence-corrected chi connectivity index (χ3v) is 2.55. The number of hydrogen-bond donors (Lipinski definition) is 2. The van der Waals surface area contributed by atoms with Gasteiger partial charge in [-0.1, -0.05) is 6.07 Å². The number of hydrogen-bond acceptors (Lipinski definition) is 4. The monoisotopic (exact) mass is 223 g/mol. The van der Waals surface area contributed by atoms with Crippen molar-refractivity contribution in [3.05, 3.63) is 23.8 Å². The first-order valence-corrected chi connectivity index (χ1v) is 4.90. The van der Waals surface area contributed by atoms with E-state index in [9.17, 15) is 4.79 Å². The smallest absolute Gasteiger partial charge is 0.305 e. The van der Waals surface area contributed by atoms with Gasteiger partial charge in [-0.2, -0.15) is 0 Å². The quantitative estimate of drug-likeness (QED) is 0.800. The molecule has 0 aromatic heterocycles. The van der Waals surface area contributed by atoms with Crippen LogP contribution in [0, 0.1) is 0 Å². The molecule has 0 amide bonds. The van der Waals surface area contributed by atoms with E-state index in [-0.39, 0.29) is 13.2 Å². The third kappa shape index (κ3) is 1.94. The van der Waals surface area contributed by atoms with Crippen LogP contribution in [0.1, 0.15) is 18.9 Å². The van der Waals surface area contributed by atoms with Gasteiger partial charge in [-0.25, -0.2) is 0 Å². The van der Waals surface area contributed by atoms with Gasteiger partial charge in [0.15, 0.2) is 11.5 Å². The zero-order valence-corrected chi connectivity index (χ0v) is 8.90. The Hall–Kier alpha value is -1.75. The molecular weight excluding hydrogens is 210 g/mol. The van der Waals surface area contributed by atoms with Crippen LogP contribution in [0.25, 0.3) is 0 Å². The highest BCUT2D eigenvalue weighted by Crippen LogP contribution is 2.35. The number of carboxylic acids is 1. The van der Waals surface area contributed by atoms with Crippen LogP contribution in [0.3, 0.4) is 0 Å². The number of fused-ring (bicyclic) bond motifs is 1. The Balaban J connectivity index is 2.30. The van der Waals surface area contributed by atoms with Gasteiger partial charge >= 0.3 is 5.97 Å². The zero-order valence-electron chi connectivity index (χ0n) is 8.90. The Bertz CT molecular complexity index is 428. The van der Waals surface area contributed by atoms with Gasteiger partial charge in [0.2, 0.25) is 6.79 Å². The SMILES string of the molecule is C[C@@](N)(CC(=O)O)c1ccc2c(c1)OCO2. The molecule has 1 heterocycles. The summed E-state index contributed by atoms with van der Waals surface area (Å²) in [5.41, 5.74) is 5.77. The fourth-order valence-corrected chi connectivity index (χ4v) is 1.67. The summed E-state index contributed by atoms with van der Waals surface area (Å²) in [6.45, 7) is 1.87. The number of carbonyl (C=O) groups is 1. The molecule has 1 atom stereocenters. The van der Waals surface area contributed by atoms with E-state index in [2.05, 4.69) is 0 Å². The molecule has 2 rings (SSSR count). The summed E-state index contributed by atoms with van der Waals surface area (Å²) in [6.07, 6.45) is -0.132. The second-order valence-electron chi connectivity index (χ2n) is 4.06. The molecule has 1 aliphatic heterocycles. The zero-order chi connectivity index (χ0) is 11.8. The van der Waals surface area contributed by atoms with Crippen LogP contribution in [0.15, 0.2) is 18.2 Å². The molecule has 16 heavy (non-hydrogen) atoms. The lowest BCUT2D eigenvalue weighted by atomic mass is 9.89. The average molecular weight is 223 g/mol. The molecular formula is C11H13NO4. The molecule has 0 unspecified atom stereocenters. The number of carboxylic acid groups (broad SMARTS) is 1. The van der Waals surface area contributed by atoms with Crippen LogP contribution >= 0.6 is 0 Å². The fraction of sp³-hybridized carbons (Fsp3) is 0.364. The van der Waals surface area contributed by atoms with Crippen LogP contribution in [0.2, 0.25) is 0 Å². The maximum Gasteiger partial charge on any atom is 0.305 e. The number of nitrogens with two attached hydrogens (primary N) is 1. The van der Waals surface area contributed by atoms with E-state index >= 15 is 0 Å². The molecule has 1 aliphatic rings. The summed E-state index contributed by atoms with van der Waals surface area (Å²) in [4.78, 5) is 10.7. The molecule has 0 saturated heterocycles. The van der Waals surface area contributed by atoms with Gasteiger partial charge in [-0.05, 0) is 24.6 Å². The molecule has 86 valence electrons. The van der Waals surface area contributed by atoms with Crippen LogP contribution < -0.4 is 15.2 Å². The Kier molecular flexibility index (Phi) is 2.47. The molecule has 0 aliphatic carbocycles. The van der Waals surface area contributed by atoms with E-state index < -0.39 is 11.5 Å². The molecule has 0 saturated carbocycles. The average Bonchev–Trinajstić information content (AvgIpc) is 2.61. The Morgan fingerprint density at radius 2 is 2.19 bits per heavy atom. The van der Waals surface area contributed by atoms with Crippen molar-refractivity contribution in [3.8, 4) is 11.5 Å². The van der Waals surface area contributed by atoms with Crippen molar-refractivity contribution < 1.29 is 19.4 Å². The predicted octanol–water partition coefficient (Wildman–Crippen LogP) is 1.06. The van der Waals surface area contributed by atoms with E-state index in [1.54, 1.807) is 25.1 Å². The van der Waals surface area contributed by atoms with Crippen molar-refractivity contribution in [1.29, 1.82) is 0 Å². The molecule has 3 N–H and O–H groups in total. The predicted molar refractivity (Wildman–Crippen MR) is 56.4 cm³/mol. The van der Waals surface area contributed by atoms with Crippen molar-refractivity contribution in [3.63, 3.8) is 0 Å². The van der Waals surface area contributed by atoms with Gasteiger partial charge in [0.1, 0.15) is 0 Å². The third-order valence-electron chi connectivity index (χ3n) is 2.55. The number of aliphatic carboxylic acids is 1. The molecule has 0 bridgehead atoms. The molecule has 5 heteroatoms. The van der Waals surface area contributed by atoms with Gasteiger partial charge < -0.3 is 20.3 Å². The lowest BCUT2D eigenvalue weighted by molar-refractivity contribution is -0.138. The molecule has 0 fully saturated rings. The van der Waals surface area contributed by atoms with E-state index in [0.717, 1.165) is 5.56 Å². The first kappa shape index (κ1) is 10.8. The number of rotatable bonds is 3. The summed E-state index contributed by atoms with van der Waals surface area (Å²) >= 11 is 0. The van der Waals surface area contributed by atoms with E-state index in [1.807, 2.05) is 0 Å². The second kappa shape index (κ2) is 3.68. The molecule has 0 spiro atoms.